The Morgan fingerprint density at radius 1 is 1.27 bits per heavy atom. The van der Waals surface area contributed by atoms with Crippen LogP contribution in [0.2, 0.25) is 0 Å². The molecular formula is C16H21N3O3. The summed E-state index contributed by atoms with van der Waals surface area (Å²) >= 11 is 0. The van der Waals surface area contributed by atoms with Gasteiger partial charge in [0.1, 0.15) is 11.4 Å². The van der Waals surface area contributed by atoms with Crippen molar-refractivity contribution >= 4 is 17.4 Å². The lowest BCUT2D eigenvalue weighted by atomic mass is 10.0. The van der Waals surface area contributed by atoms with E-state index >= 15 is 0 Å². The van der Waals surface area contributed by atoms with Gasteiger partial charge in [0.15, 0.2) is 0 Å². The lowest BCUT2D eigenvalue weighted by Crippen LogP contribution is -2.40. The van der Waals surface area contributed by atoms with Crippen LogP contribution in [0.3, 0.4) is 0 Å². The van der Waals surface area contributed by atoms with Gasteiger partial charge in [0, 0.05) is 25.5 Å². The second-order valence-electron chi connectivity index (χ2n) is 5.50. The van der Waals surface area contributed by atoms with Gasteiger partial charge in [-0.05, 0) is 43.3 Å². The van der Waals surface area contributed by atoms with Crippen LogP contribution in [0, 0.1) is 0 Å². The molecule has 0 aliphatic carbocycles. The van der Waals surface area contributed by atoms with Crippen molar-refractivity contribution in [3.63, 3.8) is 0 Å². The number of hydrogen-bond donors (Lipinski definition) is 3. The fraction of sp³-hybridized carbons (Fsp3) is 0.312. The van der Waals surface area contributed by atoms with E-state index in [2.05, 4.69) is 10.6 Å². The van der Waals surface area contributed by atoms with Crippen LogP contribution in [0.1, 0.15) is 12.7 Å². The minimum absolute atomic E-state index is 0.0438. The molecule has 0 aliphatic rings. The first-order valence-corrected chi connectivity index (χ1v) is 6.97. The highest BCUT2D eigenvalue weighted by Crippen LogP contribution is 2.20. The Morgan fingerprint density at radius 2 is 1.95 bits per heavy atom. The molecule has 0 aliphatic heterocycles. The molecule has 2 rings (SSSR count). The van der Waals surface area contributed by atoms with Crippen molar-refractivity contribution in [3.05, 3.63) is 48.4 Å². The van der Waals surface area contributed by atoms with E-state index in [9.17, 15) is 9.90 Å². The number of carbonyl (C=O) groups excluding carboxylic acids is 1. The number of carbonyl (C=O) groups is 1. The molecule has 0 saturated carbocycles. The number of urea groups is 1. The first kappa shape index (κ1) is 15.9. The summed E-state index contributed by atoms with van der Waals surface area (Å²) in [5.41, 5.74) is 0.475. The van der Waals surface area contributed by atoms with Gasteiger partial charge in [-0.1, -0.05) is 0 Å². The Hall–Kier alpha value is -2.47. The molecule has 2 amide bonds. The van der Waals surface area contributed by atoms with Gasteiger partial charge in [-0.15, -0.1) is 0 Å². The highest BCUT2D eigenvalue weighted by molar-refractivity contribution is 5.89. The molecule has 0 radical (unpaired) electrons. The van der Waals surface area contributed by atoms with Gasteiger partial charge in [-0.2, -0.15) is 0 Å². The molecule has 118 valence electrons. The molecule has 1 aromatic carbocycles. The molecule has 6 heteroatoms. The molecule has 1 atom stereocenters. The summed E-state index contributed by atoms with van der Waals surface area (Å²) in [5.74, 6) is 0.406. The number of nitrogens with one attached hydrogen (secondary N) is 2. The number of amides is 2. The summed E-state index contributed by atoms with van der Waals surface area (Å²) in [4.78, 5) is 13.8. The number of benzene rings is 1. The van der Waals surface area contributed by atoms with Crippen molar-refractivity contribution < 1.29 is 14.3 Å². The summed E-state index contributed by atoms with van der Waals surface area (Å²) in [6.07, 6.45) is 1.48. The van der Waals surface area contributed by atoms with E-state index in [1.165, 1.54) is 6.26 Å². The zero-order valence-corrected chi connectivity index (χ0v) is 13.0. The van der Waals surface area contributed by atoms with Crippen LogP contribution in [-0.2, 0) is 5.60 Å². The first-order valence-electron chi connectivity index (χ1n) is 6.97. The third kappa shape index (κ3) is 4.02. The predicted octanol–water partition coefficient (Wildman–Crippen LogP) is 2.37. The molecule has 2 aromatic rings. The van der Waals surface area contributed by atoms with Crippen molar-refractivity contribution in [2.45, 2.75) is 12.5 Å². The van der Waals surface area contributed by atoms with E-state index in [1.54, 1.807) is 19.1 Å². The summed E-state index contributed by atoms with van der Waals surface area (Å²) in [6, 6.07) is 10.4. The third-order valence-corrected chi connectivity index (χ3v) is 3.29. The first-order chi connectivity index (χ1) is 10.4. The fourth-order valence-corrected chi connectivity index (χ4v) is 1.94. The number of anilines is 2. The fourth-order valence-electron chi connectivity index (χ4n) is 1.94. The zero-order chi connectivity index (χ0) is 16.2. The minimum Gasteiger partial charge on any atom is -0.466 e. The van der Waals surface area contributed by atoms with Crippen LogP contribution in [0.15, 0.2) is 47.1 Å². The van der Waals surface area contributed by atoms with Crippen LogP contribution in [0.4, 0.5) is 16.2 Å². The van der Waals surface area contributed by atoms with Crippen LogP contribution < -0.4 is 15.5 Å². The molecule has 1 aromatic heterocycles. The van der Waals surface area contributed by atoms with Crippen LogP contribution in [-0.4, -0.2) is 31.8 Å². The maximum Gasteiger partial charge on any atom is 0.319 e. The topological polar surface area (TPSA) is 77.7 Å². The maximum atomic E-state index is 11.9. The van der Waals surface area contributed by atoms with Crippen molar-refractivity contribution in [1.82, 2.24) is 5.32 Å². The number of aliphatic hydroxyl groups is 1. The quantitative estimate of drug-likeness (QED) is 0.792. The lowest BCUT2D eigenvalue weighted by Gasteiger charge is -2.21. The van der Waals surface area contributed by atoms with Gasteiger partial charge in [0.2, 0.25) is 0 Å². The van der Waals surface area contributed by atoms with Crippen LogP contribution >= 0.6 is 0 Å². The van der Waals surface area contributed by atoms with E-state index in [0.29, 0.717) is 11.4 Å². The predicted molar refractivity (Wildman–Crippen MR) is 86.1 cm³/mol. The average Bonchev–Trinajstić information content (AvgIpc) is 3.01. The molecule has 6 nitrogen and oxygen atoms in total. The molecule has 0 spiro atoms. The Morgan fingerprint density at radius 3 is 2.50 bits per heavy atom. The highest BCUT2D eigenvalue weighted by atomic mass is 16.4. The van der Waals surface area contributed by atoms with Crippen molar-refractivity contribution in [2.75, 3.05) is 30.9 Å². The smallest absolute Gasteiger partial charge is 0.319 e. The zero-order valence-electron chi connectivity index (χ0n) is 13.0. The lowest BCUT2D eigenvalue weighted by molar-refractivity contribution is 0.0372. The molecule has 22 heavy (non-hydrogen) atoms. The van der Waals surface area contributed by atoms with Gasteiger partial charge < -0.3 is 25.1 Å². The van der Waals surface area contributed by atoms with Gasteiger partial charge in [-0.3, -0.25) is 0 Å². The number of furan rings is 1. The summed E-state index contributed by atoms with van der Waals surface area (Å²) in [6.45, 7) is 1.63. The summed E-state index contributed by atoms with van der Waals surface area (Å²) < 4.78 is 5.16. The van der Waals surface area contributed by atoms with E-state index in [0.717, 1.165) is 5.69 Å². The van der Waals surface area contributed by atoms with E-state index in [-0.39, 0.29) is 12.6 Å². The Labute approximate surface area is 129 Å². The largest absolute Gasteiger partial charge is 0.466 e. The third-order valence-electron chi connectivity index (χ3n) is 3.29. The van der Waals surface area contributed by atoms with Gasteiger partial charge >= 0.3 is 6.03 Å². The van der Waals surface area contributed by atoms with Gasteiger partial charge in [0.05, 0.1) is 12.8 Å². The normalized spacial score (nSPS) is 13.3. The monoisotopic (exact) mass is 303 g/mol. The minimum atomic E-state index is -1.25. The van der Waals surface area contributed by atoms with Gasteiger partial charge in [0.25, 0.3) is 0 Å². The highest BCUT2D eigenvalue weighted by Gasteiger charge is 2.26. The van der Waals surface area contributed by atoms with Crippen molar-refractivity contribution in [1.29, 1.82) is 0 Å². The number of rotatable bonds is 5. The van der Waals surface area contributed by atoms with E-state index in [1.807, 2.05) is 43.3 Å². The molecule has 3 N–H and O–H groups in total. The molecule has 0 fully saturated rings. The van der Waals surface area contributed by atoms with Gasteiger partial charge in [-0.25, -0.2) is 4.79 Å². The SMILES string of the molecule is CN(C)c1ccc(NC(=O)NCC(C)(O)c2ccco2)cc1. The molecular weight excluding hydrogens is 282 g/mol. The van der Waals surface area contributed by atoms with Crippen LogP contribution in [0.5, 0.6) is 0 Å². The maximum absolute atomic E-state index is 11.9. The second kappa shape index (κ2) is 6.53. The molecule has 1 unspecified atom stereocenters. The summed E-state index contributed by atoms with van der Waals surface area (Å²) in [5, 5.41) is 15.6. The standard InChI is InChI=1S/C16H21N3O3/c1-16(21,14-5-4-10-22-14)11-17-15(20)18-12-6-8-13(9-7-12)19(2)3/h4-10,21H,11H2,1-3H3,(H2,17,18,20). The van der Waals surface area contributed by atoms with Crippen molar-refractivity contribution in [2.24, 2.45) is 0 Å². The average molecular weight is 303 g/mol. The Bertz CT molecular complexity index is 604. The molecule has 0 saturated heterocycles. The van der Waals surface area contributed by atoms with Crippen molar-refractivity contribution in [3.8, 4) is 0 Å². The molecule has 1 heterocycles. The van der Waals surface area contributed by atoms with Crippen LogP contribution in [0.25, 0.3) is 0 Å². The summed E-state index contributed by atoms with van der Waals surface area (Å²) in [7, 11) is 3.90. The molecule has 0 bridgehead atoms. The van der Waals surface area contributed by atoms with E-state index < -0.39 is 5.60 Å². The second-order valence-corrected chi connectivity index (χ2v) is 5.50. The number of hydrogen-bond acceptors (Lipinski definition) is 4. The Balaban J connectivity index is 1.88. The Kier molecular flexibility index (Phi) is 4.72. The van der Waals surface area contributed by atoms with E-state index in [4.69, 9.17) is 4.42 Å². The number of nitrogens with zero attached hydrogens (tertiary/aromatic N) is 1.